The molecule has 1 nitrogen and oxygen atoms in total. The molecular weight excluding hydrogens is 132 g/mol. The summed E-state index contributed by atoms with van der Waals surface area (Å²) in [5.41, 5.74) is -0.794. The summed E-state index contributed by atoms with van der Waals surface area (Å²) in [6, 6.07) is 0. The molecule has 0 aromatic rings. The first-order valence-electron chi connectivity index (χ1n) is 2.35. The third-order valence-electron chi connectivity index (χ3n) is 0.793. The number of hydrogen-bond donors (Lipinski definition) is 0. The van der Waals surface area contributed by atoms with Gasteiger partial charge in [0, 0.05) is 13.7 Å². The fraction of sp³-hybridized carbons (Fsp3) is 0.500. The molecular formula is C4H7BF3O-. The monoisotopic (exact) mass is 139 g/mol. The van der Waals surface area contributed by atoms with E-state index in [-0.39, 0.29) is 0 Å². The van der Waals surface area contributed by atoms with Crippen molar-refractivity contribution in [3.05, 3.63) is 12.1 Å². The van der Waals surface area contributed by atoms with E-state index in [0.29, 0.717) is 0 Å². The highest BCUT2D eigenvalue weighted by atomic mass is 19.4. The minimum atomic E-state index is -4.89. The summed E-state index contributed by atoms with van der Waals surface area (Å²) in [4.78, 5) is 0. The molecule has 0 N–H and O–H groups in total. The molecule has 0 saturated carbocycles. The van der Waals surface area contributed by atoms with Crippen LogP contribution in [0.4, 0.5) is 12.9 Å². The van der Waals surface area contributed by atoms with Crippen molar-refractivity contribution in [2.24, 2.45) is 0 Å². The molecule has 54 valence electrons. The molecule has 0 aromatic heterocycles. The van der Waals surface area contributed by atoms with Crippen molar-refractivity contribution in [2.45, 2.75) is 0 Å². The normalized spacial score (nSPS) is 11.6. The molecule has 0 aliphatic heterocycles. The van der Waals surface area contributed by atoms with Crippen molar-refractivity contribution in [3.8, 4) is 0 Å². The lowest BCUT2D eigenvalue weighted by atomic mass is 9.81. The summed E-state index contributed by atoms with van der Waals surface area (Å²) in [5.74, 6) is 0. The summed E-state index contributed by atoms with van der Waals surface area (Å²) >= 11 is 0. The first kappa shape index (κ1) is 8.55. The fourth-order valence-electron chi connectivity index (χ4n) is 0.280. The van der Waals surface area contributed by atoms with Crippen molar-refractivity contribution in [1.29, 1.82) is 0 Å². The third-order valence-corrected chi connectivity index (χ3v) is 0.793. The second-order valence-corrected chi connectivity index (χ2v) is 1.67. The van der Waals surface area contributed by atoms with Gasteiger partial charge in [0.1, 0.15) is 0 Å². The van der Waals surface area contributed by atoms with Gasteiger partial charge in [0.25, 0.3) is 0 Å². The van der Waals surface area contributed by atoms with E-state index in [1.54, 1.807) is 0 Å². The number of rotatable bonds is 3. The molecule has 0 spiro atoms. The van der Waals surface area contributed by atoms with Gasteiger partial charge in [0.15, 0.2) is 0 Å². The Labute approximate surface area is 51.6 Å². The van der Waals surface area contributed by atoms with Crippen molar-refractivity contribution in [2.75, 3.05) is 13.7 Å². The van der Waals surface area contributed by atoms with E-state index in [0.717, 1.165) is 0 Å². The number of halogens is 3. The van der Waals surface area contributed by atoms with Crippen LogP contribution in [-0.2, 0) is 4.74 Å². The Balaban J connectivity index is 3.74. The van der Waals surface area contributed by atoms with Crippen LogP contribution in [-0.4, -0.2) is 20.7 Å². The van der Waals surface area contributed by atoms with Crippen molar-refractivity contribution in [1.82, 2.24) is 0 Å². The molecule has 0 radical (unpaired) electrons. The third kappa shape index (κ3) is 3.19. The van der Waals surface area contributed by atoms with Crippen LogP contribution in [0.2, 0.25) is 0 Å². The highest BCUT2D eigenvalue weighted by Gasteiger charge is 2.25. The van der Waals surface area contributed by atoms with Crippen molar-refractivity contribution in [3.63, 3.8) is 0 Å². The average Bonchev–Trinajstić information content (AvgIpc) is 1.64. The summed E-state index contributed by atoms with van der Waals surface area (Å²) in [7, 11) is 1.20. The van der Waals surface area contributed by atoms with Crippen LogP contribution in [0.25, 0.3) is 0 Å². The maximum Gasteiger partial charge on any atom is 0.507 e. The topological polar surface area (TPSA) is 9.23 Å². The van der Waals surface area contributed by atoms with E-state index in [1.807, 2.05) is 0 Å². The Kier molecular flexibility index (Phi) is 2.77. The highest BCUT2D eigenvalue weighted by molar-refractivity contribution is 6.66. The maximum atomic E-state index is 11.5. The van der Waals surface area contributed by atoms with Crippen molar-refractivity contribution < 1.29 is 17.7 Å². The van der Waals surface area contributed by atoms with Gasteiger partial charge in [-0.25, -0.2) is 0 Å². The first-order chi connectivity index (χ1) is 3.98. The van der Waals surface area contributed by atoms with E-state index >= 15 is 0 Å². The predicted molar refractivity (Wildman–Crippen MR) is 30.1 cm³/mol. The lowest BCUT2D eigenvalue weighted by Gasteiger charge is -2.15. The average molecular weight is 139 g/mol. The summed E-state index contributed by atoms with van der Waals surface area (Å²) in [6.07, 6.45) is 0. The lowest BCUT2D eigenvalue weighted by Crippen LogP contribution is -2.21. The molecule has 5 heteroatoms. The van der Waals surface area contributed by atoms with Gasteiger partial charge in [0.05, 0.1) is 0 Å². The van der Waals surface area contributed by atoms with E-state index in [9.17, 15) is 12.9 Å². The molecule has 0 aromatic carbocycles. The van der Waals surface area contributed by atoms with Crippen LogP contribution in [0.15, 0.2) is 12.1 Å². The molecule has 0 unspecified atom stereocenters. The molecule has 0 fully saturated rings. The van der Waals surface area contributed by atoms with Crippen LogP contribution in [0.1, 0.15) is 0 Å². The smallest absolute Gasteiger partial charge is 0.445 e. The minimum Gasteiger partial charge on any atom is -0.445 e. The van der Waals surface area contributed by atoms with Gasteiger partial charge >= 0.3 is 6.98 Å². The standard InChI is InChI=1S/C4H7BF3O/c1-4(3-9-2)5(6,7)8/h1,3H2,2H3/q-1. The Morgan fingerprint density at radius 1 is 1.56 bits per heavy atom. The Morgan fingerprint density at radius 3 is 2.11 bits per heavy atom. The summed E-state index contributed by atoms with van der Waals surface area (Å²) in [6.45, 7) is -2.52. The van der Waals surface area contributed by atoms with Crippen LogP contribution < -0.4 is 0 Å². The lowest BCUT2D eigenvalue weighted by molar-refractivity contribution is 0.226. The van der Waals surface area contributed by atoms with Gasteiger partial charge in [-0.3, -0.25) is 0 Å². The second-order valence-electron chi connectivity index (χ2n) is 1.67. The highest BCUT2D eigenvalue weighted by Crippen LogP contribution is 2.17. The Hall–Kier alpha value is -0.445. The summed E-state index contributed by atoms with van der Waals surface area (Å²) in [5, 5.41) is 0. The van der Waals surface area contributed by atoms with E-state index in [4.69, 9.17) is 0 Å². The number of methoxy groups -OCH3 is 1. The van der Waals surface area contributed by atoms with Gasteiger partial charge in [-0.15, -0.1) is 12.1 Å². The van der Waals surface area contributed by atoms with E-state index < -0.39 is 19.1 Å². The van der Waals surface area contributed by atoms with Crippen LogP contribution in [0.5, 0.6) is 0 Å². The van der Waals surface area contributed by atoms with Crippen molar-refractivity contribution >= 4 is 6.98 Å². The molecule has 0 heterocycles. The molecule has 0 aliphatic carbocycles. The molecule has 0 saturated heterocycles. The van der Waals surface area contributed by atoms with Crippen LogP contribution >= 0.6 is 0 Å². The quantitative estimate of drug-likeness (QED) is 0.539. The zero-order chi connectivity index (χ0) is 7.49. The zero-order valence-electron chi connectivity index (χ0n) is 5.03. The van der Waals surface area contributed by atoms with Gasteiger partial charge in [0.2, 0.25) is 0 Å². The molecule has 0 amide bonds. The first-order valence-corrected chi connectivity index (χ1v) is 2.35. The van der Waals surface area contributed by atoms with Gasteiger partial charge in [-0.05, 0) is 0 Å². The number of hydrogen-bond acceptors (Lipinski definition) is 1. The van der Waals surface area contributed by atoms with Crippen LogP contribution in [0, 0.1) is 0 Å². The van der Waals surface area contributed by atoms with Gasteiger partial charge < -0.3 is 17.7 Å². The molecule has 0 aliphatic rings. The van der Waals surface area contributed by atoms with E-state index in [1.165, 1.54) is 7.11 Å². The molecule has 0 bridgehead atoms. The SMILES string of the molecule is C=C(COC)[B-](F)(F)F. The summed E-state index contributed by atoms with van der Waals surface area (Å²) < 4.78 is 38.8. The van der Waals surface area contributed by atoms with E-state index in [2.05, 4.69) is 11.3 Å². The predicted octanol–water partition coefficient (Wildman–Crippen LogP) is 1.58. The Morgan fingerprint density at radius 2 is 2.00 bits per heavy atom. The largest absolute Gasteiger partial charge is 0.507 e. The zero-order valence-corrected chi connectivity index (χ0v) is 5.03. The fourth-order valence-corrected chi connectivity index (χ4v) is 0.280. The van der Waals surface area contributed by atoms with Gasteiger partial charge in [-0.2, -0.15) is 0 Å². The molecule has 9 heavy (non-hydrogen) atoms. The Bertz CT molecular complexity index is 109. The van der Waals surface area contributed by atoms with Gasteiger partial charge in [-0.1, -0.05) is 0 Å². The minimum absolute atomic E-state index is 0.427. The molecule has 0 rings (SSSR count). The second kappa shape index (κ2) is 2.91. The molecule has 0 atom stereocenters. The number of ether oxygens (including phenoxy) is 1. The van der Waals surface area contributed by atoms with Crippen LogP contribution in [0.3, 0.4) is 0 Å². The maximum absolute atomic E-state index is 11.5.